The molecule has 1 rings (SSSR count). The van der Waals surface area contributed by atoms with Crippen molar-refractivity contribution in [3.8, 4) is 0 Å². The first-order chi connectivity index (χ1) is 7.66. The summed E-state index contributed by atoms with van der Waals surface area (Å²) in [5.74, 6) is -0.177. The Morgan fingerprint density at radius 1 is 1.29 bits per heavy atom. The molecule has 0 saturated heterocycles. The van der Waals surface area contributed by atoms with E-state index in [0.29, 0.717) is 23.2 Å². The second-order valence-corrected chi connectivity index (χ2v) is 6.56. The lowest BCUT2D eigenvalue weighted by molar-refractivity contribution is -0.140. The fraction of sp³-hybridized carbons (Fsp3) is 0.929. The van der Waals surface area contributed by atoms with E-state index in [9.17, 15) is 4.79 Å². The highest BCUT2D eigenvalue weighted by molar-refractivity contribution is 5.73. The van der Waals surface area contributed by atoms with E-state index in [0.717, 1.165) is 6.42 Å². The Morgan fingerprint density at radius 3 is 2.06 bits per heavy atom. The Kier molecular flexibility index (Phi) is 3.92. The highest BCUT2D eigenvalue weighted by Gasteiger charge is 2.66. The molecule has 0 spiro atoms. The first-order valence-electron chi connectivity index (χ1n) is 6.65. The maximum absolute atomic E-state index is 11.1. The molecule has 2 atom stereocenters. The van der Waals surface area contributed by atoms with Crippen molar-refractivity contribution < 1.29 is 9.90 Å². The lowest BCUT2D eigenvalue weighted by Gasteiger charge is -2.21. The number of aliphatic carboxylic acids is 1. The third kappa shape index (κ3) is 2.49. The fourth-order valence-electron chi connectivity index (χ4n) is 3.48. The Morgan fingerprint density at radius 2 is 1.76 bits per heavy atom. The van der Waals surface area contributed by atoms with Crippen molar-refractivity contribution in [3.05, 3.63) is 0 Å². The predicted octanol–water partition coefficient (Wildman–Crippen LogP) is 2.90. The van der Waals surface area contributed by atoms with Crippen LogP contribution in [0.4, 0.5) is 0 Å². The van der Waals surface area contributed by atoms with Crippen LogP contribution in [0.3, 0.4) is 0 Å². The zero-order valence-corrected chi connectivity index (χ0v) is 12.0. The number of carboxylic acid groups (broad SMARTS) is 1. The molecule has 0 aromatic heterocycles. The molecule has 0 amide bonds. The molecule has 0 aromatic carbocycles. The van der Waals surface area contributed by atoms with Crippen molar-refractivity contribution in [2.24, 2.45) is 16.7 Å². The van der Waals surface area contributed by atoms with Gasteiger partial charge in [0, 0.05) is 6.04 Å². The first-order valence-corrected chi connectivity index (χ1v) is 6.65. The van der Waals surface area contributed by atoms with Gasteiger partial charge in [0.15, 0.2) is 0 Å². The van der Waals surface area contributed by atoms with Crippen LogP contribution >= 0.6 is 0 Å². The average molecular weight is 241 g/mol. The third-order valence-electron chi connectivity index (χ3n) is 4.97. The third-order valence-corrected chi connectivity index (χ3v) is 4.97. The molecule has 0 aromatic rings. The van der Waals surface area contributed by atoms with Gasteiger partial charge in [0.1, 0.15) is 6.04 Å². The van der Waals surface area contributed by atoms with Crippen molar-refractivity contribution in [1.29, 1.82) is 0 Å². The van der Waals surface area contributed by atoms with Crippen molar-refractivity contribution in [2.45, 2.75) is 66.5 Å². The minimum atomic E-state index is -0.727. The molecule has 1 saturated carbocycles. The topological polar surface area (TPSA) is 49.3 Å². The summed E-state index contributed by atoms with van der Waals surface area (Å²) in [6.07, 6.45) is 1.60. The van der Waals surface area contributed by atoms with Gasteiger partial charge in [0.25, 0.3) is 0 Å². The fourth-order valence-corrected chi connectivity index (χ4v) is 3.48. The highest BCUT2D eigenvalue weighted by Crippen LogP contribution is 2.69. The summed E-state index contributed by atoms with van der Waals surface area (Å²) in [6.45, 7) is 13.2. The molecule has 100 valence electrons. The van der Waals surface area contributed by atoms with Crippen LogP contribution in [-0.2, 0) is 4.79 Å². The van der Waals surface area contributed by atoms with Gasteiger partial charge in [-0.15, -0.1) is 0 Å². The van der Waals surface area contributed by atoms with E-state index >= 15 is 0 Å². The van der Waals surface area contributed by atoms with Gasteiger partial charge < -0.3 is 10.4 Å². The number of hydrogen-bond donors (Lipinski definition) is 2. The van der Waals surface area contributed by atoms with Gasteiger partial charge in [0.05, 0.1) is 0 Å². The molecule has 1 aliphatic rings. The van der Waals surface area contributed by atoms with Gasteiger partial charge >= 0.3 is 5.97 Å². The van der Waals surface area contributed by atoms with Crippen molar-refractivity contribution in [2.75, 3.05) is 0 Å². The molecule has 17 heavy (non-hydrogen) atoms. The van der Waals surface area contributed by atoms with Gasteiger partial charge in [-0.25, -0.2) is 0 Å². The van der Waals surface area contributed by atoms with Gasteiger partial charge in [0.2, 0.25) is 0 Å². The number of carbonyl (C=O) groups is 1. The van der Waals surface area contributed by atoms with Gasteiger partial charge in [-0.1, -0.05) is 41.0 Å². The van der Waals surface area contributed by atoms with Gasteiger partial charge in [-0.2, -0.15) is 0 Å². The second kappa shape index (κ2) is 4.60. The quantitative estimate of drug-likeness (QED) is 0.751. The minimum Gasteiger partial charge on any atom is -0.480 e. The molecule has 3 heteroatoms. The van der Waals surface area contributed by atoms with Crippen molar-refractivity contribution >= 4 is 5.97 Å². The molecular weight excluding hydrogens is 214 g/mol. The number of carboxylic acids is 1. The molecule has 1 fully saturated rings. The number of rotatable bonds is 6. The summed E-state index contributed by atoms with van der Waals surface area (Å²) < 4.78 is 0. The van der Waals surface area contributed by atoms with Crippen LogP contribution in [0.1, 0.15) is 54.4 Å². The average Bonchev–Trinajstić information content (AvgIpc) is 2.56. The Labute approximate surface area is 105 Å². The summed E-state index contributed by atoms with van der Waals surface area (Å²) in [5, 5.41) is 12.4. The number of nitrogens with one attached hydrogen (secondary N) is 1. The van der Waals surface area contributed by atoms with Crippen LogP contribution in [0, 0.1) is 16.7 Å². The van der Waals surface area contributed by atoms with Crippen LogP contribution < -0.4 is 5.32 Å². The molecule has 1 aliphatic carbocycles. The molecule has 3 nitrogen and oxygen atoms in total. The van der Waals surface area contributed by atoms with E-state index in [4.69, 9.17) is 5.11 Å². The van der Waals surface area contributed by atoms with Crippen LogP contribution in [0.15, 0.2) is 0 Å². The van der Waals surface area contributed by atoms with Crippen molar-refractivity contribution in [1.82, 2.24) is 5.32 Å². The molecular formula is C14H27NO2. The van der Waals surface area contributed by atoms with E-state index in [2.05, 4.69) is 39.9 Å². The summed E-state index contributed by atoms with van der Waals surface area (Å²) in [4.78, 5) is 11.1. The lowest BCUT2D eigenvalue weighted by Crippen LogP contribution is -2.43. The normalized spacial score (nSPS) is 25.3. The van der Waals surface area contributed by atoms with E-state index < -0.39 is 12.0 Å². The highest BCUT2D eigenvalue weighted by atomic mass is 16.4. The summed E-state index contributed by atoms with van der Waals surface area (Å²) in [7, 11) is 0. The lowest BCUT2D eigenvalue weighted by atomic mass is 10.0. The smallest absolute Gasteiger partial charge is 0.320 e. The molecule has 0 bridgehead atoms. The van der Waals surface area contributed by atoms with Crippen LogP contribution in [0.25, 0.3) is 0 Å². The SMILES string of the molecule is CCCC(NC(C)C1C(C)(C)C1(C)C)C(=O)O. The maximum Gasteiger partial charge on any atom is 0.320 e. The van der Waals surface area contributed by atoms with Crippen molar-refractivity contribution in [3.63, 3.8) is 0 Å². The van der Waals surface area contributed by atoms with Gasteiger partial charge in [-0.05, 0) is 30.1 Å². The molecule has 2 N–H and O–H groups in total. The van der Waals surface area contributed by atoms with E-state index in [1.54, 1.807) is 0 Å². The van der Waals surface area contributed by atoms with E-state index in [-0.39, 0.29) is 6.04 Å². The first kappa shape index (κ1) is 14.5. The Balaban J connectivity index is 2.61. The Bertz CT molecular complexity index is 283. The molecule has 2 unspecified atom stereocenters. The summed E-state index contributed by atoms with van der Waals surface area (Å²) >= 11 is 0. The number of hydrogen-bond acceptors (Lipinski definition) is 2. The molecule has 0 heterocycles. The summed E-state index contributed by atoms with van der Waals surface area (Å²) in [5.41, 5.74) is 0.601. The monoisotopic (exact) mass is 241 g/mol. The molecule has 0 radical (unpaired) electrons. The zero-order valence-electron chi connectivity index (χ0n) is 12.0. The summed E-state index contributed by atoms with van der Waals surface area (Å²) in [6, 6.07) is -0.144. The second-order valence-electron chi connectivity index (χ2n) is 6.56. The minimum absolute atomic E-state index is 0.257. The van der Waals surface area contributed by atoms with Crippen LogP contribution in [0.5, 0.6) is 0 Å². The largest absolute Gasteiger partial charge is 0.480 e. The van der Waals surface area contributed by atoms with Gasteiger partial charge in [-0.3, -0.25) is 4.79 Å². The maximum atomic E-state index is 11.1. The standard InChI is InChI=1S/C14H27NO2/c1-7-8-10(12(16)17)15-9(2)11-13(3,4)14(11,5)6/h9-11,15H,7-8H2,1-6H3,(H,16,17). The molecule has 0 aliphatic heterocycles. The van der Waals surface area contributed by atoms with E-state index in [1.807, 2.05) is 6.92 Å². The van der Waals surface area contributed by atoms with Crippen LogP contribution in [0.2, 0.25) is 0 Å². The zero-order chi connectivity index (χ0) is 13.4. The van der Waals surface area contributed by atoms with E-state index in [1.165, 1.54) is 0 Å². The predicted molar refractivity (Wildman–Crippen MR) is 70.0 cm³/mol. The Hall–Kier alpha value is -0.570. The van der Waals surface area contributed by atoms with Crippen LogP contribution in [-0.4, -0.2) is 23.2 Å².